The van der Waals surface area contributed by atoms with Gasteiger partial charge in [-0.3, -0.25) is 5.43 Å². The van der Waals surface area contributed by atoms with Gasteiger partial charge in [0.05, 0.1) is 11.8 Å². The fourth-order valence-corrected chi connectivity index (χ4v) is 2.15. The van der Waals surface area contributed by atoms with Gasteiger partial charge in [0.2, 0.25) is 5.95 Å². The number of thiocarbonyl (C=S) groups is 1. The van der Waals surface area contributed by atoms with Crippen LogP contribution in [-0.2, 0) is 6.54 Å². The molecule has 0 fully saturated rings. The topological polar surface area (TPSA) is 82.7 Å². The number of rotatable bonds is 6. The Hall–Kier alpha value is -2.74. The van der Waals surface area contributed by atoms with E-state index in [4.69, 9.17) is 18.0 Å². The minimum absolute atomic E-state index is 0.109. The molecule has 0 spiro atoms. The van der Waals surface area contributed by atoms with E-state index in [9.17, 15) is 0 Å². The molecular weight excluding hydrogens is 322 g/mol. The zero-order valence-corrected chi connectivity index (χ0v) is 14.8. The number of nitrogens with one attached hydrogen (secondary N) is 1. The predicted octanol–water partition coefficient (Wildman–Crippen LogP) is 1.35. The fourth-order valence-electron chi connectivity index (χ4n) is 2.10. The molecule has 0 bridgehead atoms. The Morgan fingerprint density at radius 1 is 1.29 bits per heavy atom. The van der Waals surface area contributed by atoms with Crippen molar-refractivity contribution in [1.82, 2.24) is 15.4 Å². The normalized spacial score (nSPS) is 10.6. The fraction of sp³-hybridized carbons (Fsp3) is 0.250. The number of hydrazone groups is 1. The lowest BCUT2D eigenvalue weighted by Gasteiger charge is -2.20. The molecule has 1 aromatic carbocycles. The van der Waals surface area contributed by atoms with Gasteiger partial charge in [0.25, 0.3) is 0 Å². The quantitative estimate of drug-likeness (QED) is 0.465. The van der Waals surface area contributed by atoms with Crippen LogP contribution in [0.15, 0.2) is 41.6 Å². The van der Waals surface area contributed by atoms with Crippen LogP contribution in [-0.4, -0.2) is 42.4 Å². The highest BCUT2D eigenvalue weighted by atomic mass is 32.1. The summed E-state index contributed by atoms with van der Waals surface area (Å²) in [6.07, 6.45) is 3.32. The van der Waals surface area contributed by atoms with E-state index in [0.717, 1.165) is 17.9 Å². The van der Waals surface area contributed by atoms with Gasteiger partial charge >= 0.3 is 0 Å². The molecule has 3 N–H and O–H groups in total. The summed E-state index contributed by atoms with van der Waals surface area (Å²) < 4.78 is 0. The summed E-state index contributed by atoms with van der Waals surface area (Å²) in [5.41, 5.74) is 9.83. The van der Waals surface area contributed by atoms with Crippen LogP contribution in [0.4, 0.5) is 11.8 Å². The molecule has 0 aliphatic rings. The standard InChI is InChI=1S/C16H21N7S/c1-22(2)14-13(10-19-21-15(17)24)9-18-16(20-14)23(3)11-12-7-5-4-6-8-12/h4-10H,11H2,1-3H3,(H3,17,21,24). The average molecular weight is 343 g/mol. The summed E-state index contributed by atoms with van der Waals surface area (Å²) in [6.45, 7) is 0.726. The molecule has 0 saturated heterocycles. The summed E-state index contributed by atoms with van der Waals surface area (Å²) in [5, 5.41) is 4.07. The lowest BCUT2D eigenvalue weighted by atomic mass is 10.2. The summed E-state index contributed by atoms with van der Waals surface area (Å²) in [7, 11) is 5.80. The third-order valence-corrected chi connectivity index (χ3v) is 3.28. The van der Waals surface area contributed by atoms with E-state index in [1.54, 1.807) is 12.4 Å². The predicted molar refractivity (Wildman–Crippen MR) is 102 cm³/mol. The minimum atomic E-state index is 0.109. The van der Waals surface area contributed by atoms with Crippen LogP contribution in [0, 0.1) is 0 Å². The Labute approximate surface area is 147 Å². The van der Waals surface area contributed by atoms with Gasteiger partial charge < -0.3 is 15.5 Å². The summed E-state index contributed by atoms with van der Waals surface area (Å²) in [5.74, 6) is 1.40. The second-order valence-electron chi connectivity index (χ2n) is 5.42. The first kappa shape index (κ1) is 17.6. The average Bonchev–Trinajstić information content (AvgIpc) is 2.55. The molecule has 0 aliphatic heterocycles. The summed E-state index contributed by atoms with van der Waals surface area (Å²) >= 11 is 4.72. The molecule has 8 heteroatoms. The molecular formula is C16H21N7S. The van der Waals surface area contributed by atoms with Gasteiger partial charge in [0, 0.05) is 33.9 Å². The Balaban J connectivity index is 2.21. The maximum absolute atomic E-state index is 5.35. The van der Waals surface area contributed by atoms with Crippen LogP contribution in [0.2, 0.25) is 0 Å². The van der Waals surface area contributed by atoms with Crippen LogP contribution in [0.5, 0.6) is 0 Å². The van der Waals surface area contributed by atoms with Crippen molar-refractivity contribution in [3.8, 4) is 0 Å². The Kier molecular flexibility index (Phi) is 6.02. The van der Waals surface area contributed by atoms with Gasteiger partial charge in [-0.05, 0) is 17.8 Å². The molecule has 126 valence electrons. The molecule has 7 nitrogen and oxygen atoms in total. The van der Waals surface area contributed by atoms with Crippen molar-refractivity contribution in [2.45, 2.75) is 6.54 Å². The Morgan fingerprint density at radius 3 is 2.62 bits per heavy atom. The lowest BCUT2D eigenvalue weighted by molar-refractivity contribution is 0.860. The van der Waals surface area contributed by atoms with Gasteiger partial charge in [-0.2, -0.15) is 10.1 Å². The van der Waals surface area contributed by atoms with E-state index >= 15 is 0 Å². The number of benzene rings is 1. The zero-order chi connectivity index (χ0) is 17.5. The molecule has 2 aromatic rings. The second kappa shape index (κ2) is 8.21. The number of aromatic nitrogens is 2. The first-order chi connectivity index (χ1) is 11.5. The zero-order valence-electron chi connectivity index (χ0n) is 14.0. The van der Waals surface area contributed by atoms with E-state index in [2.05, 4.69) is 32.6 Å². The molecule has 24 heavy (non-hydrogen) atoms. The molecule has 0 unspecified atom stereocenters. The highest BCUT2D eigenvalue weighted by Gasteiger charge is 2.11. The highest BCUT2D eigenvalue weighted by molar-refractivity contribution is 7.80. The Bertz CT molecular complexity index is 716. The van der Waals surface area contributed by atoms with E-state index in [0.29, 0.717) is 5.95 Å². The third-order valence-electron chi connectivity index (χ3n) is 3.19. The van der Waals surface area contributed by atoms with Crippen molar-refractivity contribution in [1.29, 1.82) is 0 Å². The molecule has 0 atom stereocenters. The van der Waals surface area contributed by atoms with Crippen molar-refractivity contribution in [2.24, 2.45) is 10.8 Å². The SMILES string of the molecule is CN(C)c1nc(N(C)Cc2ccccc2)ncc1C=NNC(N)=S. The Morgan fingerprint density at radius 2 is 2.00 bits per heavy atom. The monoisotopic (exact) mass is 343 g/mol. The van der Waals surface area contributed by atoms with Gasteiger partial charge in [0.1, 0.15) is 5.82 Å². The van der Waals surface area contributed by atoms with Gasteiger partial charge in [-0.25, -0.2) is 4.98 Å². The number of hydrogen-bond donors (Lipinski definition) is 2. The van der Waals surface area contributed by atoms with Crippen molar-refractivity contribution in [3.63, 3.8) is 0 Å². The maximum Gasteiger partial charge on any atom is 0.227 e. The molecule has 0 radical (unpaired) electrons. The highest BCUT2D eigenvalue weighted by Crippen LogP contribution is 2.18. The van der Waals surface area contributed by atoms with Crippen LogP contribution >= 0.6 is 12.2 Å². The van der Waals surface area contributed by atoms with Gasteiger partial charge in [-0.1, -0.05) is 30.3 Å². The number of nitrogens with zero attached hydrogens (tertiary/aromatic N) is 5. The van der Waals surface area contributed by atoms with Crippen LogP contribution < -0.4 is 21.0 Å². The maximum atomic E-state index is 5.35. The third kappa shape index (κ3) is 4.88. The molecule has 1 heterocycles. The van der Waals surface area contributed by atoms with E-state index < -0.39 is 0 Å². The van der Waals surface area contributed by atoms with Crippen molar-refractivity contribution < 1.29 is 0 Å². The molecule has 1 aromatic heterocycles. The van der Waals surface area contributed by atoms with Crippen molar-refractivity contribution in [3.05, 3.63) is 47.7 Å². The van der Waals surface area contributed by atoms with Crippen molar-refractivity contribution in [2.75, 3.05) is 30.9 Å². The first-order valence-electron chi connectivity index (χ1n) is 7.35. The van der Waals surface area contributed by atoms with Crippen LogP contribution in [0.3, 0.4) is 0 Å². The van der Waals surface area contributed by atoms with Crippen molar-refractivity contribution >= 4 is 35.3 Å². The largest absolute Gasteiger partial charge is 0.375 e. The lowest BCUT2D eigenvalue weighted by Crippen LogP contribution is -2.24. The molecule has 0 aliphatic carbocycles. The van der Waals surface area contributed by atoms with Crippen LogP contribution in [0.25, 0.3) is 0 Å². The minimum Gasteiger partial charge on any atom is -0.375 e. The molecule has 2 rings (SSSR count). The van der Waals surface area contributed by atoms with E-state index in [1.807, 2.05) is 49.1 Å². The van der Waals surface area contributed by atoms with E-state index in [-0.39, 0.29) is 5.11 Å². The first-order valence-corrected chi connectivity index (χ1v) is 7.76. The second-order valence-corrected chi connectivity index (χ2v) is 5.86. The van der Waals surface area contributed by atoms with Crippen LogP contribution in [0.1, 0.15) is 11.1 Å². The summed E-state index contributed by atoms with van der Waals surface area (Å²) in [6, 6.07) is 10.2. The van der Waals surface area contributed by atoms with E-state index in [1.165, 1.54) is 5.56 Å². The summed E-state index contributed by atoms with van der Waals surface area (Å²) in [4.78, 5) is 12.9. The smallest absolute Gasteiger partial charge is 0.227 e. The number of hydrogen-bond acceptors (Lipinski definition) is 6. The number of anilines is 2. The molecule has 0 amide bonds. The molecule has 0 saturated carbocycles. The van der Waals surface area contributed by atoms with Gasteiger partial charge in [-0.15, -0.1) is 0 Å². The number of nitrogens with two attached hydrogens (primary N) is 1. The van der Waals surface area contributed by atoms with Gasteiger partial charge in [0.15, 0.2) is 5.11 Å².